The highest BCUT2D eigenvalue weighted by Crippen LogP contribution is 2.08. The van der Waals surface area contributed by atoms with Crippen LogP contribution in [0.2, 0.25) is 0 Å². The molecule has 0 aliphatic heterocycles. The molecule has 0 unspecified atom stereocenters. The summed E-state index contributed by atoms with van der Waals surface area (Å²) in [6.07, 6.45) is 2.10. The van der Waals surface area contributed by atoms with E-state index in [2.05, 4.69) is 21.9 Å². The van der Waals surface area contributed by atoms with E-state index in [-0.39, 0.29) is 12.2 Å². The van der Waals surface area contributed by atoms with Gasteiger partial charge < -0.3 is 15.4 Å². The summed E-state index contributed by atoms with van der Waals surface area (Å²) in [4.78, 5) is 18.4. The van der Waals surface area contributed by atoms with Gasteiger partial charge in [-0.05, 0) is 13.3 Å². The Morgan fingerprint density at radius 2 is 2.40 bits per heavy atom. The summed E-state index contributed by atoms with van der Waals surface area (Å²) in [5.41, 5.74) is 0.381. The molecule has 0 saturated heterocycles. The average molecular weight is 209 g/mol. The first-order valence-corrected chi connectivity index (χ1v) is 4.74. The number of aliphatic hydroxyl groups excluding tert-OH is 1. The van der Waals surface area contributed by atoms with Gasteiger partial charge in [-0.25, -0.2) is 4.98 Å². The van der Waals surface area contributed by atoms with Crippen LogP contribution >= 0.6 is 0 Å². The van der Waals surface area contributed by atoms with Crippen LogP contribution in [0.1, 0.15) is 11.4 Å². The number of nitrogens with zero attached hydrogens (tertiary/aromatic N) is 1. The third-order valence-electron chi connectivity index (χ3n) is 1.89. The molecule has 0 atom stereocenters. The molecule has 1 rings (SSSR count). The third kappa shape index (κ3) is 2.92. The molecule has 0 bridgehead atoms. The van der Waals surface area contributed by atoms with E-state index in [1.165, 1.54) is 0 Å². The van der Waals surface area contributed by atoms with Crippen LogP contribution in [0.15, 0.2) is 17.4 Å². The lowest BCUT2D eigenvalue weighted by atomic mass is 10.2. The maximum Gasteiger partial charge on any atom is 0.256 e. The number of nitrogens with one attached hydrogen (secondary N) is 2. The Labute approximate surface area is 87.9 Å². The molecule has 15 heavy (non-hydrogen) atoms. The zero-order valence-corrected chi connectivity index (χ0v) is 8.71. The number of H-pyrrole nitrogens is 1. The van der Waals surface area contributed by atoms with E-state index in [0.717, 1.165) is 0 Å². The first-order chi connectivity index (χ1) is 7.19. The van der Waals surface area contributed by atoms with Crippen LogP contribution in [0.3, 0.4) is 0 Å². The highest BCUT2D eigenvalue weighted by Gasteiger charge is 2.07. The average Bonchev–Trinajstić information content (AvgIpc) is 2.19. The maximum atomic E-state index is 11.6. The Bertz CT molecular complexity index is 398. The second-order valence-electron chi connectivity index (χ2n) is 3.12. The molecule has 0 spiro atoms. The molecule has 1 heterocycles. The van der Waals surface area contributed by atoms with Gasteiger partial charge in [0.05, 0.1) is 12.2 Å². The molecular weight excluding hydrogens is 194 g/mol. The number of allylic oxidation sites excluding steroid dienone is 1. The zero-order valence-electron chi connectivity index (χ0n) is 8.71. The van der Waals surface area contributed by atoms with E-state index in [4.69, 9.17) is 5.11 Å². The maximum absolute atomic E-state index is 11.6. The number of aromatic amines is 1. The second kappa shape index (κ2) is 5.31. The molecule has 0 aromatic carbocycles. The number of anilines is 1. The van der Waals surface area contributed by atoms with Gasteiger partial charge in [0.15, 0.2) is 0 Å². The fourth-order valence-corrected chi connectivity index (χ4v) is 1.26. The minimum Gasteiger partial charge on any atom is -0.395 e. The van der Waals surface area contributed by atoms with Gasteiger partial charge in [-0.15, -0.1) is 6.58 Å². The lowest BCUT2D eigenvalue weighted by Crippen LogP contribution is -2.20. The first-order valence-electron chi connectivity index (χ1n) is 4.74. The van der Waals surface area contributed by atoms with E-state index in [9.17, 15) is 4.79 Å². The highest BCUT2D eigenvalue weighted by molar-refractivity contribution is 5.43. The summed E-state index contributed by atoms with van der Waals surface area (Å²) in [5, 5.41) is 11.6. The van der Waals surface area contributed by atoms with Crippen LogP contribution in [0.5, 0.6) is 0 Å². The van der Waals surface area contributed by atoms with E-state index in [1.807, 2.05) is 0 Å². The Hall–Kier alpha value is -1.62. The van der Waals surface area contributed by atoms with Crippen molar-refractivity contribution in [3.8, 4) is 0 Å². The number of hydrogen-bond acceptors (Lipinski definition) is 4. The fraction of sp³-hybridized carbons (Fsp3) is 0.400. The summed E-state index contributed by atoms with van der Waals surface area (Å²) in [6, 6.07) is 0. The molecule has 1 aromatic heterocycles. The molecule has 0 amide bonds. The van der Waals surface area contributed by atoms with Crippen molar-refractivity contribution in [2.75, 3.05) is 18.5 Å². The Kier molecular flexibility index (Phi) is 4.05. The van der Waals surface area contributed by atoms with Crippen molar-refractivity contribution in [3.05, 3.63) is 34.4 Å². The topological polar surface area (TPSA) is 78.0 Å². The van der Waals surface area contributed by atoms with Gasteiger partial charge in [-0.1, -0.05) is 6.08 Å². The number of aryl methyl sites for hydroxylation is 1. The number of aliphatic hydroxyl groups is 1. The predicted molar refractivity (Wildman–Crippen MR) is 59.1 cm³/mol. The summed E-state index contributed by atoms with van der Waals surface area (Å²) in [7, 11) is 0. The summed E-state index contributed by atoms with van der Waals surface area (Å²) in [5.74, 6) is 1.07. The molecule has 0 aliphatic carbocycles. The summed E-state index contributed by atoms with van der Waals surface area (Å²) in [6.45, 7) is 5.67. The van der Waals surface area contributed by atoms with Gasteiger partial charge in [0.1, 0.15) is 11.6 Å². The lowest BCUT2D eigenvalue weighted by Gasteiger charge is -2.08. The molecule has 0 radical (unpaired) electrons. The van der Waals surface area contributed by atoms with Gasteiger partial charge in [0.25, 0.3) is 5.56 Å². The van der Waals surface area contributed by atoms with Gasteiger partial charge in [-0.2, -0.15) is 0 Å². The third-order valence-corrected chi connectivity index (χ3v) is 1.89. The normalized spacial score (nSPS) is 10.0. The molecular formula is C10H15N3O2. The standard InChI is InChI=1S/C10H15N3O2/c1-3-4-8-9(11-5-6-14)12-7(2)13-10(8)15/h3,14H,1,4-6H2,2H3,(H2,11,12,13,15). The molecule has 5 nitrogen and oxygen atoms in total. The van der Waals surface area contributed by atoms with Crippen molar-refractivity contribution in [3.63, 3.8) is 0 Å². The van der Waals surface area contributed by atoms with Crippen molar-refractivity contribution < 1.29 is 5.11 Å². The minimum atomic E-state index is -0.164. The largest absolute Gasteiger partial charge is 0.395 e. The second-order valence-corrected chi connectivity index (χ2v) is 3.12. The number of rotatable bonds is 5. The predicted octanol–water partition coefficient (Wildman–Crippen LogP) is 0.211. The SMILES string of the molecule is C=CCc1c(NCCO)nc(C)[nH]c1=O. The Morgan fingerprint density at radius 3 is 3.00 bits per heavy atom. The van der Waals surface area contributed by atoms with Crippen molar-refractivity contribution in [1.29, 1.82) is 0 Å². The van der Waals surface area contributed by atoms with Crippen LogP contribution in [-0.2, 0) is 6.42 Å². The van der Waals surface area contributed by atoms with Gasteiger partial charge >= 0.3 is 0 Å². The quantitative estimate of drug-likeness (QED) is 0.606. The van der Waals surface area contributed by atoms with Crippen LogP contribution < -0.4 is 10.9 Å². The smallest absolute Gasteiger partial charge is 0.256 e. The molecule has 0 fully saturated rings. The molecule has 5 heteroatoms. The van der Waals surface area contributed by atoms with Gasteiger partial charge in [0, 0.05) is 6.54 Å². The van der Waals surface area contributed by atoms with Crippen LogP contribution in [0, 0.1) is 6.92 Å². The monoisotopic (exact) mass is 209 g/mol. The van der Waals surface area contributed by atoms with E-state index in [1.54, 1.807) is 13.0 Å². The fourth-order valence-electron chi connectivity index (χ4n) is 1.26. The van der Waals surface area contributed by atoms with Crippen molar-refractivity contribution >= 4 is 5.82 Å². The van der Waals surface area contributed by atoms with E-state index >= 15 is 0 Å². The molecule has 82 valence electrons. The summed E-state index contributed by atoms with van der Waals surface area (Å²) < 4.78 is 0. The molecule has 0 aliphatic rings. The number of hydrogen-bond donors (Lipinski definition) is 3. The molecule has 1 aromatic rings. The van der Waals surface area contributed by atoms with E-state index in [0.29, 0.717) is 30.2 Å². The van der Waals surface area contributed by atoms with Crippen LogP contribution in [-0.4, -0.2) is 28.2 Å². The first kappa shape index (κ1) is 11.5. The van der Waals surface area contributed by atoms with Crippen molar-refractivity contribution in [2.24, 2.45) is 0 Å². The highest BCUT2D eigenvalue weighted by atomic mass is 16.3. The molecule has 3 N–H and O–H groups in total. The van der Waals surface area contributed by atoms with Gasteiger partial charge in [0.2, 0.25) is 0 Å². The van der Waals surface area contributed by atoms with Crippen LogP contribution in [0.25, 0.3) is 0 Å². The number of aromatic nitrogens is 2. The van der Waals surface area contributed by atoms with E-state index < -0.39 is 0 Å². The summed E-state index contributed by atoms with van der Waals surface area (Å²) >= 11 is 0. The lowest BCUT2D eigenvalue weighted by molar-refractivity contribution is 0.311. The van der Waals surface area contributed by atoms with Crippen LogP contribution in [0.4, 0.5) is 5.82 Å². The Balaban J connectivity index is 3.08. The van der Waals surface area contributed by atoms with Crippen molar-refractivity contribution in [1.82, 2.24) is 9.97 Å². The van der Waals surface area contributed by atoms with Crippen molar-refractivity contribution in [2.45, 2.75) is 13.3 Å². The van der Waals surface area contributed by atoms with Gasteiger partial charge in [-0.3, -0.25) is 4.79 Å². The zero-order chi connectivity index (χ0) is 11.3. The molecule has 0 saturated carbocycles. The Morgan fingerprint density at radius 1 is 1.67 bits per heavy atom. The minimum absolute atomic E-state index is 0.00105.